The lowest BCUT2D eigenvalue weighted by Crippen LogP contribution is -2.33. The number of rotatable bonds is 1. The maximum Gasteiger partial charge on any atom is 0.0897 e. The van der Waals surface area contributed by atoms with Gasteiger partial charge in [-0.2, -0.15) is 0 Å². The van der Waals surface area contributed by atoms with E-state index in [0.717, 1.165) is 44.3 Å². The van der Waals surface area contributed by atoms with Crippen LogP contribution in [0.5, 0.6) is 0 Å². The van der Waals surface area contributed by atoms with Crippen molar-refractivity contribution in [3.8, 4) is 0 Å². The molecule has 16 heavy (non-hydrogen) atoms. The summed E-state index contributed by atoms with van der Waals surface area (Å²) < 4.78 is 0. The van der Waals surface area contributed by atoms with Crippen molar-refractivity contribution in [3.63, 3.8) is 0 Å². The number of nitrogens with zero attached hydrogens (tertiary/aromatic N) is 1. The van der Waals surface area contributed by atoms with Gasteiger partial charge in [-0.05, 0) is 51.4 Å². The average molecular weight is 219 g/mol. The second-order valence-corrected chi connectivity index (χ2v) is 4.91. The van der Waals surface area contributed by atoms with Crippen LogP contribution in [0.3, 0.4) is 0 Å². The van der Waals surface area contributed by atoms with Gasteiger partial charge in [0.25, 0.3) is 0 Å². The predicted octanol–water partition coefficient (Wildman–Crippen LogP) is 2.38. The van der Waals surface area contributed by atoms with Gasteiger partial charge in [-0.1, -0.05) is 30.3 Å². The lowest BCUT2D eigenvalue weighted by Gasteiger charge is -2.33. The Morgan fingerprint density at radius 2 is 1.62 bits per heavy atom. The molecule has 0 spiro atoms. The van der Waals surface area contributed by atoms with Crippen LogP contribution >= 0.6 is 0 Å². The summed E-state index contributed by atoms with van der Waals surface area (Å²) in [6.07, 6.45) is 3.90. The zero-order valence-electron chi connectivity index (χ0n) is 10.0. The van der Waals surface area contributed by atoms with E-state index in [9.17, 15) is 5.11 Å². The van der Waals surface area contributed by atoms with Crippen molar-refractivity contribution >= 4 is 0 Å². The molecule has 1 aliphatic heterocycles. The van der Waals surface area contributed by atoms with Gasteiger partial charge in [-0.15, -0.1) is 0 Å². The van der Waals surface area contributed by atoms with E-state index in [0.29, 0.717) is 0 Å². The maximum atomic E-state index is 10.7. The van der Waals surface area contributed by atoms with E-state index in [1.54, 1.807) is 0 Å². The molecule has 0 unspecified atom stereocenters. The molecule has 88 valence electrons. The Morgan fingerprint density at radius 1 is 1.06 bits per heavy atom. The van der Waals surface area contributed by atoms with Gasteiger partial charge in [0.2, 0.25) is 0 Å². The standard InChI is InChI=1S/C14H21NO/c1-15-11-5-9-14(16,10-6-12-15)13-7-3-2-4-8-13/h2-4,7-8,16H,5-6,9-12H2,1H3. The number of likely N-dealkylation sites (tertiary alicyclic amines) is 1. The fourth-order valence-corrected chi connectivity index (χ4v) is 2.56. The van der Waals surface area contributed by atoms with E-state index < -0.39 is 5.60 Å². The molecule has 0 atom stereocenters. The maximum absolute atomic E-state index is 10.7. The summed E-state index contributed by atoms with van der Waals surface area (Å²) in [5.74, 6) is 0. The SMILES string of the molecule is CN1CCCC(O)(c2ccccc2)CCC1. The molecule has 2 rings (SSSR count). The monoisotopic (exact) mass is 219 g/mol. The van der Waals surface area contributed by atoms with Gasteiger partial charge in [-0.25, -0.2) is 0 Å². The highest BCUT2D eigenvalue weighted by molar-refractivity contribution is 5.22. The minimum absolute atomic E-state index is 0.595. The van der Waals surface area contributed by atoms with E-state index in [4.69, 9.17) is 0 Å². The third kappa shape index (κ3) is 2.63. The second kappa shape index (κ2) is 4.98. The first-order chi connectivity index (χ1) is 7.71. The Balaban J connectivity index is 2.11. The fourth-order valence-electron chi connectivity index (χ4n) is 2.56. The largest absolute Gasteiger partial charge is 0.385 e. The molecule has 1 aromatic rings. The molecule has 1 heterocycles. The highest BCUT2D eigenvalue weighted by atomic mass is 16.3. The van der Waals surface area contributed by atoms with Crippen molar-refractivity contribution in [3.05, 3.63) is 35.9 Å². The first-order valence-electron chi connectivity index (χ1n) is 6.17. The van der Waals surface area contributed by atoms with Crippen LogP contribution in [0.4, 0.5) is 0 Å². The van der Waals surface area contributed by atoms with Crippen LogP contribution < -0.4 is 0 Å². The van der Waals surface area contributed by atoms with Crippen LogP contribution in [0.15, 0.2) is 30.3 Å². The van der Waals surface area contributed by atoms with Crippen molar-refractivity contribution in [2.75, 3.05) is 20.1 Å². The highest BCUT2D eigenvalue weighted by Crippen LogP contribution is 2.32. The normalized spacial score (nSPS) is 22.4. The van der Waals surface area contributed by atoms with Crippen molar-refractivity contribution in [2.24, 2.45) is 0 Å². The van der Waals surface area contributed by atoms with Crippen LogP contribution in [0.2, 0.25) is 0 Å². The van der Waals surface area contributed by atoms with Crippen molar-refractivity contribution in [2.45, 2.75) is 31.3 Å². The Labute approximate surface area is 97.9 Å². The number of benzene rings is 1. The summed E-state index contributed by atoms with van der Waals surface area (Å²) in [6, 6.07) is 10.1. The molecule has 0 aliphatic carbocycles. The summed E-state index contributed by atoms with van der Waals surface area (Å²) in [7, 11) is 2.16. The molecular formula is C14H21NO. The van der Waals surface area contributed by atoms with Crippen molar-refractivity contribution < 1.29 is 5.11 Å². The summed E-state index contributed by atoms with van der Waals surface area (Å²) in [5.41, 5.74) is 0.488. The highest BCUT2D eigenvalue weighted by Gasteiger charge is 2.29. The van der Waals surface area contributed by atoms with Gasteiger partial charge in [0.05, 0.1) is 5.60 Å². The van der Waals surface area contributed by atoms with Crippen LogP contribution in [-0.2, 0) is 5.60 Å². The Morgan fingerprint density at radius 3 is 2.19 bits per heavy atom. The van der Waals surface area contributed by atoms with Crippen molar-refractivity contribution in [1.82, 2.24) is 4.90 Å². The summed E-state index contributed by atoms with van der Waals surface area (Å²) in [6.45, 7) is 2.18. The first-order valence-corrected chi connectivity index (χ1v) is 6.17. The zero-order valence-corrected chi connectivity index (χ0v) is 10.0. The van der Waals surface area contributed by atoms with Crippen LogP contribution in [0.1, 0.15) is 31.2 Å². The molecule has 2 nitrogen and oxygen atoms in total. The third-order valence-corrected chi connectivity index (χ3v) is 3.57. The van der Waals surface area contributed by atoms with E-state index in [1.807, 2.05) is 30.3 Å². The van der Waals surface area contributed by atoms with E-state index >= 15 is 0 Å². The molecule has 1 N–H and O–H groups in total. The fraction of sp³-hybridized carbons (Fsp3) is 0.571. The summed E-state index contributed by atoms with van der Waals surface area (Å²) in [5, 5.41) is 10.7. The van der Waals surface area contributed by atoms with Crippen LogP contribution in [-0.4, -0.2) is 30.1 Å². The van der Waals surface area contributed by atoms with Crippen LogP contribution in [0, 0.1) is 0 Å². The molecule has 0 saturated carbocycles. The molecule has 1 saturated heterocycles. The second-order valence-electron chi connectivity index (χ2n) is 4.91. The van der Waals surface area contributed by atoms with Gasteiger partial charge in [0, 0.05) is 0 Å². The lowest BCUT2D eigenvalue weighted by atomic mass is 9.84. The van der Waals surface area contributed by atoms with Gasteiger partial charge in [0.15, 0.2) is 0 Å². The summed E-state index contributed by atoms with van der Waals surface area (Å²) in [4.78, 5) is 2.35. The Kier molecular flexibility index (Phi) is 3.62. The van der Waals surface area contributed by atoms with Crippen molar-refractivity contribution in [1.29, 1.82) is 0 Å². The van der Waals surface area contributed by atoms with E-state index in [1.165, 1.54) is 0 Å². The van der Waals surface area contributed by atoms with Gasteiger partial charge >= 0.3 is 0 Å². The molecule has 0 amide bonds. The Bertz CT molecular complexity index is 313. The lowest BCUT2D eigenvalue weighted by molar-refractivity contribution is 0.00367. The number of aliphatic hydroxyl groups is 1. The molecule has 2 heteroatoms. The minimum Gasteiger partial charge on any atom is -0.385 e. The first kappa shape index (κ1) is 11.6. The third-order valence-electron chi connectivity index (χ3n) is 3.57. The van der Waals surface area contributed by atoms with E-state index in [-0.39, 0.29) is 0 Å². The molecule has 1 aromatic carbocycles. The molecule has 1 aliphatic rings. The Hall–Kier alpha value is -0.860. The van der Waals surface area contributed by atoms with Gasteiger partial charge in [0.1, 0.15) is 0 Å². The molecule has 0 radical (unpaired) electrons. The molecule has 0 bridgehead atoms. The van der Waals surface area contributed by atoms with Crippen LogP contribution in [0.25, 0.3) is 0 Å². The predicted molar refractivity (Wildman–Crippen MR) is 66.3 cm³/mol. The smallest absolute Gasteiger partial charge is 0.0897 e. The van der Waals surface area contributed by atoms with E-state index in [2.05, 4.69) is 11.9 Å². The number of hydrogen-bond acceptors (Lipinski definition) is 2. The molecule has 1 fully saturated rings. The number of hydrogen-bond donors (Lipinski definition) is 1. The molecular weight excluding hydrogens is 198 g/mol. The molecule has 0 aromatic heterocycles. The zero-order chi connectivity index (χ0) is 11.4. The average Bonchev–Trinajstić information content (AvgIpc) is 2.28. The quantitative estimate of drug-likeness (QED) is 0.784. The van der Waals surface area contributed by atoms with Gasteiger partial charge in [-0.3, -0.25) is 0 Å². The minimum atomic E-state index is -0.595. The topological polar surface area (TPSA) is 23.5 Å². The summed E-state index contributed by atoms with van der Waals surface area (Å²) >= 11 is 0. The van der Waals surface area contributed by atoms with Gasteiger partial charge < -0.3 is 10.0 Å².